The summed E-state index contributed by atoms with van der Waals surface area (Å²) in [5, 5.41) is 0. The van der Waals surface area contributed by atoms with Gasteiger partial charge in [-0.3, -0.25) is 0 Å². The quantitative estimate of drug-likeness (QED) is 0.379. The summed E-state index contributed by atoms with van der Waals surface area (Å²) in [6.45, 7) is 13.0. The predicted octanol–water partition coefficient (Wildman–Crippen LogP) is 5.21. The van der Waals surface area contributed by atoms with E-state index in [0.29, 0.717) is 0 Å². The van der Waals surface area contributed by atoms with E-state index in [2.05, 4.69) is 46.1 Å². The van der Waals surface area contributed by atoms with Crippen LogP contribution in [-0.2, 0) is 0 Å². The highest BCUT2D eigenvalue weighted by molar-refractivity contribution is 4.82. The fourth-order valence-corrected chi connectivity index (χ4v) is 2.03. The van der Waals surface area contributed by atoms with Crippen molar-refractivity contribution in [2.75, 3.05) is 0 Å². The monoisotopic (exact) mass is 208 g/mol. The minimum Gasteiger partial charge on any atom is -0.133 e. The average molecular weight is 208 g/mol. The van der Waals surface area contributed by atoms with Gasteiger partial charge in [-0.05, 0) is 36.7 Å². The summed E-state index contributed by atoms with van der Waals surface area (Å²) in [5.41, 5.74) is 2.91. The molecule has 0 spiro atoms. The normalized spacial score (nSPS) is 14.7. The van der Waals surface area contributed by atoms with Crippen LogP contribution in [0.3, 0.4) is 0 Å². The van der Waals surface area contributed by atoms with Gasteiger partial charge in [0.15, 0.2) is 0 Å². The minimum atomic E-state index is 0.787. The zero-order valence-corrected chi connectivity index (χ0v) is 11.1. The van der Waals surface area contributed by atoms with Crippen molar-refractivity contribution in [1.82, 2.24) is 0 Å². The molecule has 0 amide bonds. The molecule has 0 heterocycles. The van der Waals surface area contributed by atoms with Crippen LogP contribution in [0, 0.1) is 17.8 Å². The number of rotatable bonds is 8. The van der Waals surface area contributed by atoms with Crippen LogP contribution in [0.25, 0.3) is 0 Å². The SMILES string of the molecule is C=C=CCC(CCCCC)C(C)C(C)C. The lowest BCUT2D eigenvalue weighted by Crippen LogP contribution is -2.16. The van der Waals surface area contributed by atoms with Gasteiger partial charge in [0.2, 0.25) is 0 Å². The number of allylic oxidation sites excluding steroid dienone is 1. The van der Waals surface area contributed by atoms with Crippen molar-refractivity contribution in [3.8, 4) is 0 Å². The molecule has 0 aliphatic heterocycles. The molecule has 0 heteroatoms. The van der Waals surface area contributed by atoms with Gasteiger partial charge in [0, 0.05) is 0 Å². The second kappa shape index (κ2) is 8.80. The Bertz CT molecular complexity index is 184. The Morgan fingerprint density at radius 3 is 2.33 bits per heavy atom. The third-order valence-electron chi connectivity index (χ3n) is 3.54. The van der Waals surface area contributed by atoms with Gasteiger partial charge in [0.25, 0.3) is 0 Å². The van der Waals surface area contributed by atoms with Gasteiger partial charge in [-0.25, -0.2) is 0 Å². The molecule has 0 aliphatic carbocycles. The molecule has 2 unspecified atom stereocenters. The zero-order valence-electron chi connectivity index (χ0n) is 11.1. The van der Waals surface area contributed by atoms with Crippen LogP contribution in [0.15, 0.2) is 18.4 Å². The Labute approximate surface area is 96.5 Å². The van der Waals surface area contributed by atoms with Crippen LogP contribution >= 0.6 is 0 Å². The first-order valence-electron chi connectivity index (χ1n) is 6.47. The molecule has 0 rings (SSSR count). The molecular formula is C15H28. The van der Waals surface area contributed by atoms with Gasteiger partial charge >= 0.3 is 0 Å². The van der Waals surface area contributed by atoms with Gasteiger partial charge < -0.3 is 0 Å². The van der Waals surface area contributed by atoms with Crippen LogP contribution in [0.4, 0.5) is 0 Å². The fraction of sp³-hybridized carbons (Fsp3) is 0.800. The topological polar surface area (TPSA) is 0 Å². The molecule has 0 aromatic heterocycles. The van der Waals surface area contributed by atoms with E-state index in [1.807, 2.05) is 0 Å². The van der Waals surface area contributed by atoms with Crippen LogP contribution in [0.5, 0.6) is 0 Å². The van der Waals surface area contributed by atoms with Gasteiger partial charge in [-0.1, -0.05) is 53.5 Å². The summed E-state index contributed by atoms with van der Waals surface area (Å²) in [5.74, 6) is 2.42. The number of hydrogen-bond acceptors (Lipinski definition) is 0. The molecule has 0 saturated heterocycles. The lowest BCUT2D eigenvalue weighted by molar-refractivity contribution is 0.258. The lowest BCUT2D eigenvalue weighted by atomic mass is 9.80. The van der Waals surface area contributed by atoms with E-state index in [0.717, 1.165) is 24.2 Å². The molecule has 0 bridgehead atoms. The van der Waals surface area contributed by atoms with E-state index < -0.39 is 0 Å². The van der Waals surface area contributed by atoms with Crippen molar-refractivity contribution in [1.29, 1.82) is 0 Å². The first kappa shape index (κ1) is 14.5. The summed E-state index contributed by atoms with van der Waals surface area (Å²) < 4.78 is 0. The van der Waals surface area contributed by atoms with E-state index in [-0.39, 0.29) is 0 Å². The van der Waals surface area contributed by atoms with Gasteiger partial charge in [-0.2, -0.15) is 0 Å². The van der Waals surface area contributed by atoms with E-state index in [1.54, 1.807) is 0 Å². The van der Waals surface area contributed by atoms with Gasteiger partial charge in [0.1, 0.15) is 0 Å². The molecule has 0 aromatic carbocycles. The highest BCUT2D eigenvalue weighted by atomic mass is 14.2. The first-order valence-corrected chi connectivity index (χ1v) is 6.47. The summed E-state index contributed by atoms with van der Waals surface area (Å²) in [6.07, 6.45) is 8.70. The number of hydrogen-bond donors (Lipinski definition) is 0. The van der Waals surface area contributed by atoms with Crippen LogP contribution < -0.4 is 0 Å². The molecule has 88 valence electrons. The summed E-state index contributed by atoms with van der Waals surface area (Å²) >= 11 is 0. The first-order chi connectivity index (χ1) is 7.13. The number of unbranched alkanes of at least 4 members (excludes halogenated alkanes) is 2. The van der Waals surface area contributed by atoms with Gasteiger partial charge in [-0.15, -0.1) is 5.73 Å². The Morgan fingerprint density at radius 1 is 1.20 bits per heavy atom. The summed E-state index contributed by atoms with van der Waals surface area (Å²) in [4.78, 5) is 0. The molecule has 0 N–H and O–H groups in total. The summed E-state index contributed by atoms with van der Waals surface area (Å²) in [7, 11) is 0. The molecular weight excluding hydrogens is 180 g/mol. The van der Waals surface area contributed by atoms with Gasteiger partial charge in [0.05, 0.1) is 0 Å². The minimum absolute atomic E-state index is 0.787. The van der Waals surface area contributed by atoms with Crippen molar-refractivity contribution in [3.63, 3.8) is 0 Å². The maximum Gasteiger partial charge on any atom is -0.0243 e. The lowest BCUT2D eigenvalue weighted by Gasteiger charge is -2.26. The van der Waals surface area contributed by atoms with Crippen molar-refractivity contribution in [2.24, 2.45) is 17.8 Å². The van der Waals surface area contributed by atoms with E-state index in [1.165, 1.54) is 25.7 Å². The zero-order chi connectivity index (χ0) is 11.7. The van der Waals surface area contributed by atoms with Crippen molar-refractivity contribution < 1.29 is 0 Å². The van der Waals surface area contributed by atoms with Crippen LogP contribution in [0.2, 0.25) is 0 Å². The predicted molar refractivity (Wildman–Crippen MR) is 70.0 cm³/mol. The molecule has 15 heavy (non-hydrogen) atoms. The molecule has 0 fully saturated rings. The van der Waals surface area contributed by atoms with E-state index >= 15 is 0 Å². The molecule has 0 saturated carbocycles. The molecule has 2 atom stereocenters. The van der Waals surface area contributed by atoms with Crippen LogP contribution in [-0.4, -0.2) is 0 Å². The molecule has 0 nitrogen and oxygen atoms in total. The second-order valence-electron chi connectivity index (χ2n) is 5.00. The van der Waals surface area contributed by atoms with E-state index in [9.17, 15) is 0 Å². The van der Waals surface area contributed by atoms with Crippen molar-refractivity contribution in [2.45, 2.75) is 59.8 Å². The average Bonchev–Trinajstić information content (AvgIpc) is 2.22. The van der Waals surface area contributed by atoms with Crippen LogP contribution in [0.1, 0.15) is 59.8 Å². The Kier molecular flexibility index (Phi) is 8.52. The molecule has 0 aromatic rings. The van der Waals surface area contributed by atoms with E-state index in [4.69, 9.17) is 0 Å². The maximum atomic E-state index is 3.65. The Morgan fingerprint density at radius 2 is 1.87 bits per heavy atom. The molecule has 0 radical (unpaired) electrons. The largest absolute Gasteiger partial charge is 0.133 e. The Hall–Kier alpha value is -0.480. The maximum absolute atomic E-state index is 3.65. The third kappa shape index (κ3) is 6.57. The highest BCUT2D eigenvalue weighted by Gasteiger charge is 2.18. The van der Waals surface area contributed by atoms with Crippen molar-refractivity contribution in [3.05, 3.63) is 18.4 Å². The smallest absolute Gasteiger partial charge is 0.0243 e. The second-order valence-corrected chi connectivity index (χ2v) is 5.00. The fourth-order valence-electron chi connectivity index (χ4n) is 2.03. The summed E-state index contributed by atoms with van der Waals surface area (Å²) in [6, 6.07) is 0. The Balaban J connectivity index is 4.10. The highest BCUT2D eigenvalue weighted by Crippen LogP contribution is 2.28. The molecule has 0 aliphatic rings. The standard InChI is InChI=1S/C15H28/c1-6-8-10-12-15(11-9-7-2)14(5)13(3)4/h9,13-15H,2,6,8,10-12H2,1,3-5H3. The van der Waals surface area contributed by atoms with Crippen molar-refractivity contribution >= 4 is 0 Å². The third-order valence-corrected chi connectivity index (χ3v) is 3.54.